The fourth-order valence-corrected chi connectivity index (χ4v) is 2.26. The van der Waals surface area contributed by atoms with Gasteiger partial charge in [0.15, 0.2) is 5.82 Å². The highest BCUT2D eigenvalue weighted by Crippen LogP contribution is 2.26. The Labute approximate surface area is 120 Å². The standard InChI is InChI=1S/C13H13FN4OS/c14-10-5-3-9(4-6-10)8-15-18-12(16-17-13(18)20)11-2-1-7-19-11/h3-6,8,11H,1-2,7H2,(H,17,20)/b15-8-/t11-/m1/s1. The number of H-pyrrole nitrogens is 1. The van der Waals surface area contributed by atoms with Gasteiger partial charge in [-0.15, -0.1) is 0 Å². The third kappa shape index (κ3) is 2.68. The van der Waals surface area contributed by atoms with E-state index in [0.29, 0.717) is 10.6 Å². The van der Waals surface area contributed by atoms with Crippen LogP contribution in [0.1, 0.15) is 30.3 Å². The number of hydrogen-bond donors (Lipinski definition) is 1. The highest BCUT2D eigenvalue weighted by molar-refractivity contribution is 7.71. The lowest BCUT2D eigenvalue weighted by atomic mass is 10.2. The summed E-state index contributed by atoms with van der Waals surface area (Å²) in [6.45, 7) is 0.728. The molecule has 1 aliphatic rings. The molecule has 1 aromatic heterocycles. The second-order valence-electron chi connectivity index (χ2n) is 4.50. The monoisotopic (exact) mass is 292 g/mol. The lowest BCUT2D eigenvalue weighted by Gasteiger charge is -2.07. The number of rotatable bonds is 3. The summed E-state index contributed by atoms with van der Waals surface area (Å²) >= 11 is 5.16. The molecule has 0 radical (unpaired) electrons. The van der Waals surface area contributed by atoms with Gasteiger partial charge in [0.2, 0.25) is 4.77 Å². The van der Waals surface area contributed by atoms with Crippen LogP contribution < -0.4 is 0 Å². The first kappa shape index (κ1) is 13.1. The summed E-state index contributed by atoms with van der Waals surface area (Å²) in [7, 11) is 0. The van der Waals surface area contributed by atoms with Crippen molar-refractivity contribution in [2.45, 2.75) is 18.9 Å². The Kier molecular flexibility index (Phi) is 3.70. The molecule has 0 bridgehead atoms. The van der Waals surface area contributed by atoms with E-state index in [1.165, 1.54) is 12.1 Å². The lowest BCUT2D eigenvalue weighted by molar-refractivity contribution is 0.102. The smallest absolute Gasteiger partial charge is 0.216 e. The minimum atomic E-state index is -0.276. The summed E-state index contributed by atoms with van der Waals surface area (Å²) in [5.74, 6) is 0.396. The molecule has 0 aliphatic carbocycles. The van der Waals surface area contributed by atoms with Gasteiger partial charge in [-0.1, -0.05) is 12.1 Å². The zero-order chi connectivity index (χ0) is 13.9. The predicted octanol–water partition coefficient (Wildman–Crippen LogP) is 2.81. The highest BCUT2D eigenvalue weighted by Gasteiger charge is 2.23. The van der Waals surface area contributed by atoms with Gasteiger partial charge in [0, 0.05) is 6.61 Å². The maximum atomic E-state index is 12.8. The van der Waals surface area contributed by atoms with Crippen molar-refractivity contribution in [3.05, 3.63) is 46.2 Å². The third-order valence-corrected chi connectivity index (χ3v) is 3.35. The zero-order valence-corrected chi connectivity index (χ0v) is 11.4. The molecule has 3 rings (SSSR count). The summed E-state index contributed by atoms with van der Waals surface area (Å²) in [6.07, 6.45) is 3.45. The molecule has 1 atom stereocenters. The number of aromatic amines is 1. The fourth-order valence-electron chi connectivity index (χ4n) is 2.08. The number of benzene rings is 1. The van der Waals surface area contributed by atoms with Crippen LogP contribution in [0.4, 0.5) is 4.39 Å². The minimum Gasteiger partial charge on any atom is -0.370 e. The van der Waals surface area contributed by atoms with Crippen LogP contribution in [0.25, 0.3) is 0 Å². The third-order valence-electron chi connectivity index (χ3n) is 3.09. The van der Waals surface area contributed by atoms with Crippen molar-refractivity contribution in [1.82, 2.24) is 14.9 Å². The van der Waals surface area contributed by atoms with Crippen molar-refractivity contribution in [1.29, 1.82) is 0 Å². The molecule has 1 aliphatic heterocycles. The number of nitrogens with zero attached hydrogens (tertiary/aromatic N) is 3. The normalized spacial score (nSPS) is 18.9. The lowest BCUT2D eigenvalue weighted by Crippen LogP contribution is -2.05. The number of aromatic nitrogens is 3. The van der Waals surface area contributed by atoms with Crippen molar-refractivity contribution in [2.24, 2.45) is 5.10 Å². The van der Waals surface area contributed by atoms with Crippen LogP contribution >= 0.6 is 12.2 Å². The number of ether oxygens (including phenoxy) is 1. The molecule has 2 aromatic rings. The first-order valence-electron chi connectivity index (χ1n) is 6.33. The Morgan fingerprint density at radius 3 is 2.95 bits per heavy atom. The average molecular weight is 292 g/mol. The van der Waals surface area contributed by atoms with E-state index in [-0.39, 0.29) is 11.9 Å². The summed E-state index contributed by atoms with van der Waals surface area (Å²) in [4.78, 5) is 0. The largest absolute Gasteiger partial charge is 0.370 e. The van der Waals surface area contributed by atoms with Gasteiger partial charge in [-0.25, -0.2) is 4.39 Å². The number of halogens is 1. The van der Waals surface area contributed by atoms with E-state index in [1.807, 2.05) is 0 Å². The Morgan fingerprint density at radius 1 is 1.45 bits per heavy atom. The minimum absolute atomic E-state index is 0.0756. The van der Waals surface area contributed by atoms with Crippen LogP contribution in [0.5, 0.6) is 0 Å². The summed E-state index contributed by atoms with van der Waals surface area (Å²) in [5, 5.41) is 11.2. The molecule has 5 nitrogen and oxygen atoms in total. The van der Waals surface area contributed by atoms with Crippen molar-refractivity contribution in [3.8, 4) is 0 Å². The first-order valence-corrected chi connectivity index (χ1v) is 6.74. The van der Waals surface area contributed by atoms with Crippen LogP contribution in [-0.4, -0.2) is 27.7 Å². The van der Waals surface area contributed by atoms with Gasteiger partial charge in [-0.05, 0) is 42.8 Å². The molecular formula is C13H13FN4OS. The quantitative estimate of drug-likeness (QED) is 0.699. The fraction of sp³-hybridized carbons (Fsp3) is 0.308. The predicted molar refractivity (Wildman–Crippen MR) is 74.7 cm³/mol. The van der Waals surface area contributed by atoms with Crippen LogP contribution in [0, 0.1) is 10.6 Å². The molecule has 0 unspecified atom stereocenters. The number of nitrogens with one attached hydrogen (secondary N) is 1. The average Bonchev–Trinajstić information content (AvgIpc) is 3.08. The maximum absolute atomic E-state index is 12.8. The molecule has 104 valence electrons. The molecule has 1 fully saturated rings. The number of hydrogen-bond acceptors (Lipinski definition) is 4. The Bertz CT molecular complexity index is 670. The molecule has 20 heavy (non-hydrogen) atoms. The van der Waals surface area contributed by atoms with Crippen LogP contribution in [0.15, 0.2) is 29.4 Å². The van der Waals surface area contributed by atoms with Crippen LogP contribution in [0.2, 0.25) is 0 Å². The van der Waals surface area contributed by atoms with Gasteiger partial charge in [-0.3, -0.25) is 5.10 Å². The van der Waals surface area contributed by atoms with Gasteiger partial charge in [0.05, 0.1) is 6.21 Å². The molecule has 2 heterocycles. The molecule has 7 heteroatoms. The van der Waals surface area contributed by atoms with Gasteiger partial charge >= 0.3 is 0 Å². The van der Waals surface area contributed by atoms with E-state index >= 15 is 0 Å². The van der Waals surface area contributed by atoms with E-state index < -0.39 is 0 Å². The summed E-state index contributed by atoms with van der Waals surface area (Å²) < 4.78 is 20.4. The Morgan fingerprint density at radius 2 is 2.25 bits per heavy atom. The summed E-state index contributed by atoms with van der Waals surface area (Å²) in [6, 6.07) is 6.07. The molecule has 1 aromatic carbocycles. The van der Waals surface area contributed by atoms with Crippen molar-refractivity contribution in [2.75, 3.05) is 6.61 Å². The van der Waals surface area contributed by atoms with Gasteiger partial charge in [0.25, 0.3) is 0 Å². The molecule has 0 spiro atoms. The topological polar surface area (TPSA) is 55.2 Å². The Balaban J connectivity index is 1.88. The summed E-state index contributed by atoms with van der Waals surface area (Å²) in [5.41, 5.74) is 0.785. The molecule has 1 N–H and O–H groups in total. The second kappa shape index (κ2) is 5.64. The van der Waals surface area contributed by atoms with E-state index in [1.54, 1.807) is 23.0 Å². The molecule has 1 saturated heterocycles. The second-order valence-corrected chi connectivity index (χ2v) is 4.88. The van der Waals surface area contributed by atoms with Crippen molar-refractivity contribution in [3.63, 3.8) is 0 Å². The van der Waals surface area contributed by atoms with E-state index in [0.717, 1.165) is 25.0 Å². The van der Waals surface area contributed by atoms with E-state index in [9.17, 15) is 4.39 Å². The van der Waals surface area contributed by atoms with Crippen LogP contribution in [0.3, 0.4) is 0 Å². The zero-order valence-electron chi connectivity index (χ0n) is 10.6. The van der Waals surface area contributed by atoms with E-state index in [4.69, 9.17) is 17.0 Å². The van der Waals surface area contributed by atoms with Gasteiger partial charge in [-0.2, -0.15) is 14.9 Å². The van der Waals surface area contributed by atoms with Crippen LogP contribution in [-0.2, 0) is 4.74 Å². The SMILES string of the molecule is Fc1ccc(/C=N\n2c([C@H]3CCCO3)n[nH]c2=S)cc1. The molecule has 0 amide bonds. The maximum Gasteiger partial charge on any atom is 0.216 e. The van der Waals surface area contributed by atoms with Crippen molar-refractivity contribution < 1.29 is 9.13 Å². The first-order chi connectivity index (χ1) is 9.74. The van der Waals surface area contributed by atoms with Gasteiger partial charge in [0.1, 0.15) is 11.9 Å². The van der Waals surface area contributed by atoms with Gasteiger partial charge < -0.3 is 4.74 Å². The highest BCUT2D eigenvalue weighted by atomic mass is 32.1. The Hall–Kier alpha value is -1.86. The van der Waals surface area contributed by atoms with Crippen molar-refractivity contribution >= 4 is 18.4 Å². The molecule has 0 saturated carbocycles. The van der Waals surface area contributed by atoms with E-state index in [2.05, 4.69) is 15.3 Å². The molecular weight excluding hydrogens is 279 g/mol.